The molecule has 5 heteroatoms. The predicted octanol–water partition coefficient (Wildman–Crippen LogP) is 4.12. The second kappa shape index (κ2) is 9.19. The number of nitrogens with zero attached hydrogens (tertiary/aromatic N) is 1. The summed E-state index contributed by atoms with van der Waals surface area (Å²) in [4.78, 5) is 2.38. The van der Waals surface area contributed by atoms with Crippen LogP contribution < -0.4 is 9.31 Å². The highest BCUT2D eigenvalue weighted by atomic mass is 16.8. The van der Waals surface area contributed by atoms with Gasteiger partial charge in [0.1, 0.15) is 11.5 Å². The second-order valence-electron chi connectivity index (χ2n) is 6.51. The molecule has 0 bridgehead atoms. The van der Waals surface area contributed by atoms with E-state index in [0.29, 0.717) is 6.61 Å². The fourth-order valence-corrected chi connectivity index (χ4v) is 2.27. The van der Waals surface area contributed by atoms with E-state index in [1.54, 1.807) is 0 Å². The van der Waals surface area contributed by atoms with Crippen LogP contribution in [-0.2, 0) is 10.1 Å². The zero-order valence-corrected chi connectivity index (χ0v) is 15.8. The molecule has 0 aromatic heterocycles. The van der Waals surface area contributed by atoms with Gasteiger partial charge in [-0.3, -0.25) is 0 Å². The van der Waals surface area contributed by atoms with Crippen LogP contribution in [0.1, 0.15) is 54.0 Å². The number of fused-ring (bicyclic) bond motifs is 1. The van der Waals surface area contributed by atoms with E-state index in [2.05, 4.69) is 52.5 Å². The minimum Gasteiger partial charge on any atom is -0.498 e. The molecule has 23 heavy (non-hydrogen) atoms. The molecule has 0 radical (unpaired) electrons. The molecule has 0 fully saturated rings. The molecule has 4 nitrogen and oxygen atoms in total. The van der Waals surface area contributed by atoms with Crippen LogP contribution in [0.25, 0.3) is 0 Å². The quantitative estimate of drug-likeness (QED) is 0.763. The maximum atomic E-state index is 5.54. The van der Waals surface area contributed by atoms with Crippen molar-refractivity contribution in [3.05, 3.63) is 23.8 Å². The third-order valence-corrected chi connectivity index (χ3v) is 3.90. The Balaban J connectivity index is 0.000000322. The van der Waals surface area contributed by atoms with Gasteiger partial charge >= 0.3 is 7.32 Å². The lowest BCUT2D eigenvalue weighted by Crippen LogP contribution is -2.28. The molecule has 0 atom stereocenters. The Morgan fingerprint density at radius 1 is 0.957 bits per heavy atom. The molecule has 130 valence electrons. The molecule has 1 aliphatic heterocycles. The minimum atomic E-state index is -0.588. The number of rotatable bonds is 5. The number of benzene rings is 1. The highest BCUT2D eigenvalue weighted by Crippen LogP contribution is 2.37. The number of hydrogen-bond acceptors (Lipinski definition) is 4. The lowest BCUT2D eigenvalue weighted by atomic mass is 9.87. The highest BCUT2D eigenvalue weighted by Gasteiger charge is 2.35. The summed E-state index contributed by atoms with van der Waals surface area (Å²) in [6, 6.07) is 6.03. The van der Waals surface area contributed by atoms with Crippen LogP contribution in [0.4, 0.5) is 0 Å². The first kappa shape index (κ1) is 19.9. The largest absolute Gasteiger partial charge is 0.788 e. The Morgan fingerprint density at radius 3 is 1.96 bits per heavy atom. The molecular weight excluding hydrogens is 289 g/mol. The summed E-state index contributed by atoms with van der Waals surface area (Å²) in [6.07, 6.45) is 0. The normalized spacial score (nSPS) is 13.1. The van der Waals surface area contributed by atoms with Crippen molar-refractivity contribution in [3.63, 3.8) is 0 Å². The molecule has 0 saturated carbocycles. The van der Waals surface area contributed by atoms with Crippen LogP contribution in [0.2, 0.25) is 0 Å². The van der Waals surface area contributed by atoms with E-state index < -0.39 is 7.32 Å². The smallest absolute Gasteiger partial charge is 0.498 e. The summed E-state index contributed by atoms with van der Waals surface area (Å²) < 4.78 is 16.3. The molecule has 0 spiro atoms. The third-order valence-electron chi connectivity index (χ3n) is 3.90. The van der Waals surface area contributed by atoms with Gasteiger partial charge in [0.05, 0.1) is 0 Å². The van der Waals surface area contributed by atoms with E-state index in [9.17, 15) is 0 Å². The molecular formula is C18H32BNO3. The molecule has 0 unspecified atom stereocenters. The summed E-state index contributed by atoms with van der Waals surface area (Å²) in [7, 11) is -0.588. The molecule has 1 aromatic carbocycles. The van der Waals surface area contributed by atoms with E-state index in [0.717, 1.165) is 11.5 Å². The molecule has 0 aliphatic carbocycles. The lowest BCUT2D eigenvalue weighted by molar-refractivity contribution is 0.235. The van der Waals surface area contributed by atoms with Crippen LogP contribution >= 0.6 is 0 Å². The van der Waals surface area contributed by atoms with Gasteiger partial charge in [-0.05, 0) is 49.7 Å². The van der Waals surface area contributed by atoms with Crippen molar-refractivity contribution in [1.82, 2.24) is 4.90 Å². The van der Waals surface area contributed by atoms with E-state index in [4.69, 9.17) is 14.0 Å². The average molecular weight is 321 g/mol. The third kappa shape index (κ3) is 6.07. The van der Waals surface area contributed by atoms with E-state index >= 15 is 0 Å². The molecule has 1 aliphatic rings. The summed E-state index contributed by atoms with van der Waals surface area (Å²) in [6.45, 7) is 19.1. The summed E-state index contributed by atoms with van der Waals surface area (Å²) in [5, 5.41) is 0. The first-order valence-corrected chi connectivity index (χ1v) is 8.67. The van der Waals surface area contributed by atoms with Crippen molar-refractivity contribution in [2.45, 2.75) is 53.9 Å². The Bertz CT molecular complexity index is 464. The molecule has 0 saturated heterocycles. The van der Waals surface area contributed by atoms with Gasteiger partial charge in [0.25, 0.3) is 0 Å². The number of hydrogen-bond donors (Lipinski definition) is 0. The first-order chi connectivity index (χ1) is 10.8. The van der Waals surface area contributed by atoms with Gasteiger partial charge in [-0.25, -0.2) is 0 Å². The van der Waals surface area contributed by atoms with Gasteiger partial charge in [0.2, 0.25) is 0 Å². The monoisotopic (exact) mass is 321 g/mol. The SMILES string of the molecule is CCN(CC)CC.CCOB1Oc2ccc(C(C)(C)C)cc2O1. The summed E-state index contributed by atoms with van der Waals surface area (Å²) in [5.41, 5.74) is 1.34. The van der Waals surface area contributed by atoms with Gasteiger partial charge in [0.15, 0.2) is 0 Å². The van der Waals surface area contributed by atoms with E-state index in [-0.39, 0.29) is 5.41 Å². The van der Waals surface area contributed by atoms with E-state index in [1.165, 1.54) is 25.2 Å². The van der Waals surface area contributed by atoms with Gasteiger partial charge in [-0.1, -0.05) is 47.6 Å². The zero-order chi connectivity index (χ0) is 17.5. The Labute approximate surface area is 142 Å². The van der Waals surface area contributed by atoms with Gasteiger partial charge in [-0.15, -0.1) is 0 Å². The van der Waals surface area contributed by atoms with Crippen molar-refractivity contribution < 1.29 is 14.0 Å². The Hall–Kier alpha value is -1.20. The fourth-order valence-electron chi connectivity index (χ4n) is 2.27. The predicted molar refractivity (Wildman–Crippen MR) is 97.2 cm³/mol. The molecule has 0 amide bonds. The molecule has 0 N–H and O–H groups in total. The van der Waals surface area contributed by atoms with Crippen molar-refractivity contribution in [2.75, 3.05) is 26.2 Å². The summed E-state index contributed by atoms with van der Waals surface area (Å²) >= 11 is 0. The average Bonchev–Trinajstić information content (AvgIpc) is 2.90. The van der Waals surface area contributed by atoms with Crippen LogP contribution in [-0.4, -0.2) is 38.5 Å². The minimum absolute atomic E-state index is 0.113. The Kier molecular flexibility index (Phi) is 7.93. The van der Waals surface area contributed by atoms with Crippen LogP contribution in [0.5, 0.6) is 11.5 Å². The van der Waals surface area contributed by atoms with Gasteiger partial charge in [-0.2, -0.15) is 0 Å². The summed E-state index contributed by atoms with van der Waals surface area (Å²) in [5.74, 6) is 1.53. The first-order valence-electron chi connectivity index (χ1n) is 8.67. The van der Waals surface area contributed by atoms with Crippen molar-refractivity contribution >= 4 is 7.32 Å². The highest BCUT2D eigenvalue weighted by molar-refractivity contribution is 6.40. The maximum absolute atomic E-state index is 5.54. The topological polar surface area (TPSA) is 30.9 Å². The molecule has 1 heterocycles. The van der Waals surface area contributed by atoms with Crippen LogP contribution in [0.15, 0.2) is 18.2 Å². The van der Waals surface area contributed by atoms with Gasteiger partial charge in [0, 0.05) is 6.61 Å². The molecule has 1 aromatic rings. The van der Waals surface area contributed by atoms with Crippen molar-refractivity contribution in [1.29, 1.82) is 0 Å². The fraction of sp³-hybridized carbons (Fsp3) is 0.667. The van der Waals surface area contributed by atoms with Crippen molar-refractivity contribution in [3.8, 4) is 11.5 Å². The van der Waals surface area contributed by atoms with Gasteiger partial charge < -0.3 is 18.9 Å². The lowest BCUT2D eigenvalue weighted by Gasteiger charge is -2.19. The zero-order valence-electron chi connectivity index (χ0n) is 15.8. The van der Waals surface area contributed by atoms with Crippen molar-refractivity contribution in [2.24, 2.45) is 0 Å². The molecule has 2 rings (SSSR count). The van der Waals surface area contributed by atoms with Crippen LogP contribution in [0, 0.1) is 0 Å². The second-order valence-corrected chi connectivity index (χ2v) is 6.51. The Morgan fingerprint density at radius 2 is 1.52 bits per heavy atom. The maximum Gasteiger partial charge on any atom is 0.788 e. The van der Waals surface area contributed by atoms with E-state index in [1.807, 2.05) is 19.1 Å². The standard InChI is InChI=1S/C12H17BO3.C6H15N/c1-5-14-13-15-10-7-6-9(12(2,3)4)8-11(10)16-13;1-4-7(5-2)6-3/h6-8H,5H2,1-4H3;4-6H2,1-3H3. The van der Waals surface area contributed by atoms with Crippen LogP contribution in [0.3, 0.4) is 0 Å².